The van der Waals surface area contributed by atoms with Crippen LogP contribution in [0.2, 0.25) is 5.02 Å². The summed E-state index contributed by atoms with van der Waals surface area (Å²) in [6.45, 7) is 5.75. The Hall–Kier alpha value is -4.06. The Kier molecular flexibility index (Phi) is 9.00. The first-order valence-electron chi connectivity index (χ1n) is 11.4. The molecule has 0 bridgehead atoms. The summed E-state index contributed by atoms with van der Waals surface area (Å²) < 4.78 is 45.0. The third-order valence-electron chi connectivity index (χ3n) is 5.46. The van der Waals surface area contributed by atoms with Crippen molar-refractivity contribution in [1.29, 1.82) is 0 Å². The summed E-state index contributed by atoms with van der Waals surface area (Å²) in [4.78, 5) is 33.4. The molecule has 13 heteroatoms. The van der Waals surface area contributed by atoms with E-state index in [0.717, 1.165) is 12.3 Å². The quantitative estimate of drug-likeness (QED) is 0.189. The molecule has 0 unspecified atom stereocenters. The number of halogens is 4. The number of hydrogen-bond donors (Lipinski definition) is 4. The molecule has 2 aromatic rings. The van der Waals surface area contributed by atoms with Crippen molar-refractivity contribution < 1.29 is 27.5 Å². The van der Waals surface area contributed by atoms with Gasteiger partial charge in [-0.1, -0.05) is 11.6 Å². The normalized spacial score (nSPS) is 14.6. The van der Waals surface area contributed by atoms with Crippen LogP contribution in [0.5, 0.6) is 0 Å². The molecule has 2 amide bonds. The lowest BCUT2D eigenvalue weighted by atomic mass is 10.1. The minimum Gasteiger partial charge on any atom is -0.478 e. The summed E-state index contributed by atoms with van der Waals surface area (Å²) in [5, 5.41) is 8.04. The van der Waals surface area contributed by atoms with Gasteiger partial charge in [0.15, 0.2) is 0 Å². The number of carbonyl (C=O) groups is 2. The van der Waals surface area contributed by atoms with E-state index >= 15 is 0 Å². The Labute approximate surface area is 222 Å². The smallest absolute Gasteiger partial charge is 0.418 e. The molecule has 202 valence electrons. The Morgan fingerprint density at radius 2 is 2.03 bits per heavy atom. The third kappa shape index (κ3) is 7.48. The average molecular weight is 551 g/mol. The van der Waals surface area contributed by atoms with Crippen LogP contribution >= 0.6 is 11.6 Å². The van der Waals surface area contributed by atoms with Crippen molar-refractivity contribution in [3.63, 3.8) is 0 Å². The number of aliphatic imine (C=N–C) groups is 1. The molecule has 1 saturated carbocycles. The van der Waals surface area contributed by atoms with Crippen LogP contribution in [0, 0.1) is 0 Å². The van der Waals surface area contributed by atoms with Gasteiger partial charge in [0.1, 0.15) is 5.54 Å². The maximum Gasteiger partial charge on any atom is 0.418 e. The van der Waals surface area contributed by atoms with Crippen molar-refractivity contribution in [2.24, 2.45) is 10.7 Å². The lowest BCUT2D eigenvalue weighted by Crippen LogP contribution is -2.49. The summed E-state index contributed by atoms with van der Waals surface area (Å²) >= 11 is 5.71. The molecule has 1 heterocycles. The number of rotatable bonds is 11. The van der Waals surface area contributed by atoms with Crippen LogP contribution in [0.3, 0.4) is 0 Å². The number of carbonyl (C=O) groups excluding carboxylic acids is 2. The van der Waals surface area contributed by atoms with Gasteiger partial charge >= 0.3 is 6.18 Å². The van der Waals surface area contributed by atoms with E-state index in [1.54, 1.807) is 13.0 Å². The van der Waals surface area contributed by atoms with Crippen molar-refractivity contribution in [2.75, 3.05) is 11.9 Å². The van der Waals surface area contributed by atoms with E-state index in [4.69, 9.17) is 22.1 Å². The zero-order chi connectivity index (χ0) is 27.9. The van der Waals surface area contributed by atoms with Crippen molar-refractivity contribution in [3.05, 3.63) is 77.0 Å². The topological polar surface area (TPSA) is 131 Å². The average Bonchev–Trinajstić information content (AvgIpc) is 3.65. The van der Waals surface area contributed by atoms with Crippen LogP contribution in [0.1, 0.15) is 31.0 Å². The van der Waals surface area contributed by atoms with Gasteiger partial charge in [-0.25, -0.2) is 4.99 Å². The fraction of sp³-hybridized carbons (Fsp3) is 0.280. The number of nitrogens with one attached hydrogen (secondary N) is 3. The van der Waals surface area contributed by atoms with Gasteiger partial charge in [-0.2, -0.15) is 13.2 Å². The molecule has 1 fully saturated rings. The molecule has 5 N–H and O–H groups in total. The number of hydrogen-bond acceptors (Lipinski definition) is 7. The van der Waals surface area contributed by atoms with Crippen LogP contribution in [-0.4, -0.2) is 35.2 Å². The monoisotopic (exact) mass is 550 g/mol. The predicted molar refractivity (Wildman–Crippen MR) is 137 cm³/mol. The van der Waals surface area contributed by atoms with Gasteiger partial charge in [-0.15, -0.1) is 0 Å². The maximum absolute atomic E-state index is 13.3. The molecule has 3 rings (SSSR count). The first-order valence-corrected chi connectivity index (χ1v) is 11.8. The number of anilines is 2. The van der Waals surface area contributed by atoms with Crippen molar-refractivity contribution >= 4 is 41.0 Å². The van der Waals surface area contributed by atoms with Gasteiger partial charge < -0.3 is 26.4 Å². The summed E-state index contributed by atoms with van der Waals surface area (Å²) in [5.74, 6) is -0.874. The molecular weight excluding hydrogens is 525 g/mol. The third-order valence-corrected chi connectivity index (χ3v) is 5.69. The lowest BCUT2D eigenvalue weighted by Gasteiger charge is -2.17. The number of nitrogens with zero attached hydrogens (tertiary/aromatic N) is 2. The molecular formula is C25H26ClF3N6O3. The minimum atomic E-state index is -4.59. The number of alkyl halides is 3. The number of pyridine rings is 1. The summed E-state index contributed by atoms with van der Waals surface area (Å²) in [7, 11) is 0. The highest BCUT2D eigenvalue weighted by atomic mass is 35.5. The minimum absolute atomic E-state index is 0.0315. The number of amides is 2. The molecule has 0 radical (unpaired) electrons. The Morgan fingerprint density at radius 1 is 1.29 bits per heavy atom. The first kappa shape index (κ1) is 28.5. The fourth-order valence-electron chi connectivity index (χ4n) is 3.30. The molecule has 0 atom stereocenters. The van der Waals surface area contributed by atoms with E-state index < -0.39 is 29.1 Å². The maximum atomic E-state index is 13.3. The van der Waals surface area contributed by atoms with E-state index in [1.165, 1.54) is 30.6 Å². The largest absolute Gasteiger partial charge is 0.478 e. The van der Waals surface area contributed by atoms with E-state index in [2.05, 4.69) is 32.5 Å². The molecule has 1 aromatic heterocycles. The fourth-order valence-corrected chi connectivity index (χ4v) is 3.48. The summed E-state index contributed by atoms with van der Waals surface area (Å²) in [6.07, 6.45) is -0.118. The summed E-state index contributed by atoms with van der Waals surface area (Å²) in [5.41, 5.74) is 4.16. The van der Waals surface area contributed by atoms with Gasteiger partial charge in [-0.05, 0) is 56.7 Å². The highest BCUT2D eigenvalue weighted by molar-refractivity contribution is 6.30. The number of benzene rings is 1. The van der Waals surface area contributed by atoms with Gasteiger partial charge in [0.2, 0.25) is 11.8 Å². The van der Waals surface area contributed by atoms with Crippen molar-refractivity contribution in [3.8, 4) is 0 Å². The van der Waals surface area contributed by atoms with Crippen LogP contribution in [-0.2, 0) is 27.0 Å². The van der Waals surface area contributed by atoms with Gasteiger partial charge in [0, 0.05) is 17.4 Å². The zero-order valence-electron chi connectivity index (χ0n) is 20.4. The lowest BCUT2D eigenvalue weighted by molar-refractivity contribution is -0.137. The number of nitrogens with two attached hydrogens (primary N) is 1. The second kappa shape index (κ2) is 12.0. The van der Waals surface area contributed by atoms with Gasteiger partial charge in [0.25, 0.3) is 5.91 Å². The standard InChI is InChI=1S/C25H26ClF3N6O3/c1-3-38-15(2)31-12-16(11-30)22(36)35-24(8-9-24)23(37)33-13-18-5-6-19(14-32-18)34-21-7-4-17(26)10-20(21)25(27,28)29/h4-7,10-12,14,34H,2-3,8-9,13,30H2,1H3,(H,33,37)(H,35,36)/b16-11+,31-12?. The van der Waals surface area contributed by atoms with Crippen molar-refractivity contribution in [1.82, 2.24) is 15.6 Å². The van der Waals surface area contributed by atoms with E-state index in [1.807, 2.05) is 0 Å². The number of aromatic nitrogens is 1. The van der Waals surface area contributed by atoms with Crippen LogP contribution in [0.4, 0.5) is 24.5 Å². The first-order chi connectivity index (χ1) is 18.0. The van der Waals surface area contributed by atoms with Crippen LogP contribution in [0.15, 0.2) is 65.8 Å². The van der Waals surface area contributed by atoms with E-state index in [0.29, 0.717) is 30.8 Å². The molecule has 1 aliphatic rings. The molecule has 0 aliphatic heterocycles. The molecule has 1 aromatic carbocycles. The highest BCUT2D eigenvalue weighted by Gasteiger charge is 2.51. The highest BCUT2D eigenvalue weighted by Crippen LogP contribution is 2.38. The zero-order valence-corrected chi connectivity index (χ0v) is 21.1. The van der Waals surface area contributed by atoms with E-state index in [-0.39, 0.29) is 28.7 Å². The number of ether oxygens (including phenoxy) is 1. The van der Waals surface area contributed by atoms with Gasteiger partial charge in [0.05, 0.1) is 47.6 Å². The molecule has 0 saturated heterocycles. The second-order valence-electron chi connectivity index (χ2n) is 8.28. The van der Waals surface area contributed by atoms with Crippen LogP contribution in [0.25, 0.3) is 0 Å². The Bertz CT molecular complexity index is 1260. The van der Waals surface area contributed by atoms with Gasteiger partial charge in [-0.3, -0.25) is 14.6 Å². The molecule has 0 spiro atoms. The molecule has 9 nitrogen and oxygen atoms in total. The predicted octanol–water partition coefficient (Wildman–Crippen LogP) is 4.18. The summed E-state index contributed by atoms with van der Waals surface area (Å²) in [6, 6.07) is 6.51. The van der Waals surface area contributed by atoms with Crippen molar-refractivity contribution in [2.45, 2.75) is 38.0 Å². The SMILES string of the molecule is C=C(N=C/C(=C\N)C(=O)NC1(C(=O)NCc2ccc(Nc3ccc(Cl)cc3C(F)(F)F)cn2)CC1)OCC. The Morgan fingerprint density at radius 3 is 2.61 bits per heavy atom. The molecule has 38 heavy (non-hydrogen) atoms. The van der Waals surface area contributed by atoms with E-state index in [9.17, 15) is 22.8 Å². The van der Waals surface area contributed by atoms with Crippen LogP contribution < -0.4 is 21.7 Å². The molecule has 1 aliphatic carbocycles. The Balaban J connectivity index is 1.57. The second-order valence-corrected chi connectivity index (χ2v) is 8.71.